The third-order valence-corrected chi connectivity index (χ3v) is 3.46. The Morgan fingerprint density at radius 2 is 1.90 bits per heavy atom. The minimum absolute atomic E-state index is 0.0645. The second-order valence-electron chi connectivity index (χ2n) is 4.22. The van der Waals surface area contributed by atoms with E-state index in [2.05, 4.69) is 21.2 Å². The van der Waals surface area contributed by atoms with Crippen LogP contribution in [0.2, 0.25) is 5.02 Å². The van der Waals surface area contributed by atoms with Crippen LogP contribution in [0.5, 0.6) is 0 Å². The lowest BCUT2D eigenvalue weighted by Gasteiger charge is -2.07. The van der Waals surface area contributed by atoms with E-state index >= 15 is 0 Å². The van der Waals surface area contributed by atoms with Gasteiger partial charge in [-0.3, -0.25) is 4.79 Å². The van der Waals surface area contributed by atoms with Crippen LogP contribution in [0.25, 0.3) is 0 Å². The Kier molecular flexibility index (Phi) is 5.15. The topological polar surface area (TPSA) is 29.1 Å². The molecule has 0 saturated carbocycles. The molecule has 0 fully saturated rings. The SMILES string of the molecule is O=C(Nc1ccc(CCBr)cc1)c1ccc(F)c(Cl)c1. The fraction of sp³-hybridized carbons (Fsp3) is 0.133. The molecule has 0 spiro atoms. The summed E-state index contributed by atoms with van der Waals surface area (Å²) in [5.74, 6) is -0.859. The molecule has 2 nitrogen and oxygen atoms in total. The van der Waals surface area contributed by atoms with Crippen molar-refractivity contribution in [2.24, 2.45) is 0 Å². The summed E-state index contributed by atoms with van der Waals surface area (Å²) in [4.78, 5) is 12.0. The maximum atomic E-state index is 13.0. The van der Waals surface area contributed by atoms with Gasteiger partial charge in [0, 0.05) is 16.6 Å². The van der Waals surface area contributed by atoms with E-state index in [-0.39, 0.29) is 10.9 Å². The molecule has 0 heterocycles. The van der Waals surface area contributed by atoms with Crippen LogP contribution in [-0.4, -0.2) is 11.2 Å². The smallest absolute Gasteiger partial charge is 0.255 e. The van der Waals surface area contributed by atoms with Gasteiger partial charge < -0.3 is 5.32 Å². The minimum atomic E-state index is -0.539. The largest absolute Gasteiger partial charge is 0.322 e. The Hall–Kier alpha value is -1.39. The van der Waals surface area contributed by atoms with Crippen molar-refractivity contribution in [2.75, 3.05) is 10.6 Å². The first-order valence-electron chi connectivity index (χ1n) is 6.01. The van der Waals surface area contributed by atoms with E-state index < -0.39 is 5.82 Å². The predicted octanol–water partition coefficient (Wildman–Crippen LogP) is 4.67. The number of carbonyl (C=O) groups is 1. The number of rotatable bonds is 4. The molecule has 1 amide bonds. The van der Waals surface area contributed by atoms with Crippen molar-refractivity contribution in [3.8, 4) is 0 Å². The number of nitrogens with one attached hydrogen (secondary N) is 1. The van der Waals surface area contributed by atoms with E-state index in [4.69, 9.17) is 11.6 Å². The standard InChI is InChI=1S/C15H12BrClFNO/c16-8-7-10-1-4-12(5-2-10)19-15(20)11-3-6-14(18)13(17)9-11/h1-6,9H,7-8H2,(H,19,20). The van der Waals surface area contributed by atoms with Crippen molar-refractivity contribution in [3.63, 3.8) is 0 Å². The molecular formula is C15H12BrClFNO. The molecule has 0 aromatic heterocycles. The summed E-state index contributed by atoms with van der Waals surface area (Å²) in [7, 11) is 0. The lowest BCUT2D eigenvalue weighted by atomic mass is 10.1. The fourth-order valence-corrected chi connectivity index (χ4v) is 2.34. The molecule has 2 rings (SSSR count). The van der Waals surface area contributed by atoms with Gasteiger partial charge in [-0.1, -0.05) is 39.7 Å². The van der Waals surface area contributed by atoms with Crippen molar-refractivity contribution >= 4 is 39.1 Å². The number of benzene rings is 2. The normalized spacial score (nSPS) is 10.3. The van der Waals surface area contributed by atoms with Gasteiger partial charge in [0.1, 0.15) is 5.82 Å². The zero-order valence-electron chi connectivity index (χ0n) is 10.5. The van der Waals surface area contributed by atoms with E-state index in [9.17, 15) is 9.18 Å². The summed E-state index contributed by atoms with van der Waals surface area (Å²) < 4.78 is 13.0. The number of alkyl halides is 1. The molecule has 2 aromatic rings. The number of carbonyl (C=O) groups excluding carboxylic acids is 1. The summed E-state index contributed by atoms with van der Waals surface area (Å²) >= 11 is 9.03. The van der Waals surface area contributed by atoms with Crippen molar-refractivity contribution in [1.82, 2.24) is 0 Å². The highest BCUT2D eigenvalue weighted by Crippen LogP contribution is 2.17. The summed E-state index contributed by atoms with van der Waals surface area (Å²) in [5.41, 5.74) is 2.19. The molecule has 0 bridgehead atoms. The van der Waals surface area contributed by atoms with Gasteiger partial charge in [0.25, 0.3) is 5.91 Å². The van der Waals surface area contributed by atoms with Gasteiger partial charge in [-0.25, -0.2) is 4.39 Å². The van der Waals surface area contributed by atoms with Crippen LogP contribution in [0.3, 0.4) is 0 Å². The second kappa shape index (κ2) is 6.86. The fourth-order valence-electron chi connectivity index (χ4n) is 1.70. The first-order chi connectivity index (χ1) is 9.60. The van der Waals surface area contributed by atoms with E-state index in [1.54, 1.807) is 0 Å². The number of amides is 1. The maximum absolute atomic E-state index is 13.0. The molecule has 0 unspecified atom stereocenters. The monoisotopic (exact) mass is 355 g/mol. The maximum Gasteiger partial charge on any atom is 0.255 e. The lowest BCUT2D eigenvalue weighted by Crippen LogP contribution is -2.12. The van der Waals surface area contributed by atoms with Crippen molar-refractivity contribution in [1.29, 1.82) is 0 Å². The van der Waals surface area contributed by atoms with Crippen LogP contribution in [0.15, 0.2) is 42.5 Å². The average Bonchev–Trinajstić information content (AvgIpc) is 2.44. The average molecular weight is 357 g/mol. The third-order valence-electron chi connectivity index (χ3n) is 2.78. The van der Waals surface area contributed by atoms with Crippen molar-refractivity contribution in [2.45, 2.75) is 6.42 Å². The molecule has 1 N–H and O–H groups in total. The van der Waals surface area contributed by atoms with Crippen LogP contribution in [-0.2, 0) is 6.42 Å². The summed E-state index contributed by atoms with van der Waals surface area (Å²) in [6.45, 7) is 0. The Labute approximate surface area is 130 Å². The zero-order chi connectivity index (χ0) is 14.5. The summed E-state index contributed by atoms with van der Waals surface area (Å²) in [5, 5.41) is 3.57. The van der Waals surface area contributed by atoms with Crippen molar-refractivity contribution < 1.29 is 9.18 Å². The van der Waals surface area contributed by atoms with Crippen LogP contribution in [0.4, 0.5) is 10.1 Å². The van der Waals surface area contributed by atoms with Gasteiger partial charge >= 0.3 is 0 Å². The molecular weight excluding hydrogens is 345 g/mol. The number of hydrogen-bond donors (Lipinski definition) is 1. The van der Waals surface area contributed by atoms with Crippen LogP contribution >= 0.6 is 27.5 Å². The van der Waals surface area contributed by atoms with Gasteiger partial charge in [0.15, 0.2) is 0 Å². The minimum Gasteiger partial charge on any atom is -0.322 e. The van der Waals surface area contributed by atoms with Crippen LogP contribution in [0, 0.1) is 5.82 Å². The Morgan fingerprint density at radius 1 is 1.20 bits per heavy atom. The summed E-state index contributed by atoms with van der Waals surface area (Å²) in [6, 6.07) is 11.5. The van der Waals surface area contributed by atoms with E-state index in [1.165, 1.54) is 23.8 Å². The number of anilines is 1. The number of aryl methyl sites for hydroxylation is 1. The molecule has 2 aromatic carbocycles. The summed E-state index contributed by atoms with van der Waals surface area (Å²) in [6.07, 6.45) is 0.932. The number of halogens is 3. The van der Waals surface area contributed by atoms with Gasteiger partial charge in [-0.15, -0.1) is 0 Å². The van der Waals surface area contributed by atoms with Gasteiger partial charge in [0.05, 0.1) is 5.02 Å². The predicted molar refractivity (Wildman–Crippen MR) is 83.3 cm³/mol. The third kappa shape index (κ3) is 3.81. The molecule has 0 aliphatic heterocycles. The quantitative estimate of drug-likeness (QED) is 0.793. The van der Waals surface area contributed by atoms with Crippen molar-refractivity contribution in [3.05, 3.63) is 64.4 Å². The first-order valence-corrected chi connectivity index (χ1v) is 7.51. The van der Waals surface area contributed by atoms with E-state index in [0.29, 0.717) is 11.3 Å². The van der Waals surface area contributed by atoms with E-state index in [0.717, 1.165) is 11.8 Å². The molecule has 0 saturated heterocycles. The molecule has 0 aliphatic carbocycles. The highest BCUT2D eigenvalue weighted by molar-refractivity contribution is 9.09. The highest BCUT2D eigenvalue weighted by atomic mass is 79.9. The lowest BCUT2D eigenvalue weighted by molar-refractivity contribution is 0.102. The molecule has 5 heteroatoms. The Morgan fingerprint density at radius 3 is 2.50 bits per heavy atom. The van der Waals surface area contributed by atoms with Gasteiger partial charge in [-0.05, 0) is 42.3 Å². The Bertz CT molecular complexity index is 616. The second-order valence-corrected chi connectivity index (χ2v) is 5.42. The molecule has 0 aliphatic rings. The Balaban J connectivity index is 2.08. The molecule has 104 valence electrons. The number of hydrogen-bond acceptors (Lipinski definition) is 1. The van der Waals surface area contributed by atoms with Crippen LogP contribution < -0.4 is 5.32 Å². The van der Waals surface area contributed by atoms with Gasteiger partial charge in [-0.2, -0.15) is 0 Å². The molecule has 20 heavy (non-hydrogen) atoms. The first kappa shape index (κ1) is 15.0. The highest BCUT2D eigenvalue weighted by Gasteiger charge is 2.09. The zero-order valence-corrected chi connectivity index (χ0v) is 12.8. The van der Waals surface area contributed by atoms with E-state index in [1.807, 2.05) is 24.3 Å². The van der Waals surface area contributed by atoms with Gasteiger partial charge in [0.2, 0.25) is 0 Å². The van der Waals surface area contributed by atoms with Crippen LogP contribution in [0.1, 0.15) is 15.9 Å². The molecule has 0 radical (unpaired) electrons. The molecule has 0 atom stereocenters.